The number of hydrogen-bond donors (Lipinski definition) is 1. The van der Waals surface area contributed by atoms with Gasteiger partial charge in [-0.25, -0.2) is 9.07 Å². The van der Waals surface area contributed by atoms with Gasteiger partial charge in [0.15, 0.2) is 5.69 Å². The Labute approximate surface area is 156 Å². The van der Waals surface area contributed by atoms with Crippen LogP contribution in [0.25, 0.3) is 5.69 Å². The summed E-state index contributed by atoms with van der Waals surface area (Å²) in [6, 6.07) is 4.96. The first kappa shape index (κ1) is 17.7. The molecule has 0 radical (unpaired) electrons. The molecule has 2 aromatic rings. The predicted octanol–water partition coefficient (Wildman–Crippen LogP) is 2.60. The molecule has 0 unspecified atom stereocenters. The van der Waals surface area contributed by atoms with Crippen LogP contribution in [0.2, 0.25) is 0 Å². The van der Waals surface area contributed by atoms with E-state index in [1.54, 1.807) is 15.6 Å². The molecule has 2 aliphatic rings. The zero-order valence-corrected chi connectivity index (χ0v) is 15.4. The molecule has 0 saturated carbocycles. The van der Waals surface area contributed by atoms with Gasteiger partial charge in [0.2, 0.25) is 0 Å². The van der Waals surface area contributed by atoms with Crippen LogP contribution in [-0.2, 0) is 17.6 Å². The molecule has 1 fully saturated rings. The molecule has 1 saturated heterocycles. The number of benzene rings is 1. The molecular weight excluding hydrogens is 349 g/mol. The highest BCUT2D eigenvalue weighted by Gasteiger charge is 2.39. The van der Waals surface area contributed by atoms with Gasteiger partial charge in [-0.2, -0.15) is 5.10 Å². The number of nitrogens with zero attached hydrogens (tertiary/aromatic N) is 3. The highest BCUT2D eigenvalue weighted by atomic mass is 19.1. The van der Waals surface area contributed by atoms with Crippen LogP contribution in [0.3, 0.4) is 0 Å². The summed E-state index contributed by atoms with van der Waals surface area (Å²) in [4.78, 5) is 26.0. The molecule has 1 aromatic heterocycles. The van der Waals surface area contributed by atoms with Crippen molar-refractivity contribution < 1.29 is 19.1 Å². The number of carbonyl (C=O) groups excluding carboxylic acids is 1. The Bertz CT molecular complexity index is 937. The summed E-state index contributed by atoms with van der Waals surface area (Å²) in [5.41, 5.74) is 3.24. The molecule has 1 aliphatic carbocycles. The molecule has 1 aromatic carbocycles. The molecular formula is C20H22FN3O3. The van der Waals surface area contributed by atoms with Crippen molar-refractivity contribution in [3.05, 3.63) is 46.5 Å². The van der Waals surface area contributed by atoms with E-state index in [2.05, 4.69) is 5.10 Å². The first-order valence-electron chi connectivity index (χ1n) is 9.26. The largest absolute Gasteiger partial charge is 0.481 e. The number of rotatable bonds is 3. The monoisotopic (exact) mass is 371 g/mol. The minimum absolute atomic E-state index is 0.101. The van der Waals surface area contributed by atoms with Gasteiger partial charge in [0, 0.05) is 24.3 Å². The smallest absolute Gasteiger partial charge is 0.308 e. The van der Waals surface area contributed by atoms with Crippen molar-refractivity contribution in [1.82, 2.24) is 14.7 Å². The third kappa shape index (κ3) is 2.91. The normalized spacial score (nSPS) is 21.5. The lowest BCUT2D eigenvalue weighted by Gasteiger charge is -2.15. The van der Waals surface area contributed by atoms with Gasteiger partial charge >= 0.3 is 5.97 Å². The summed E-state index contributed by atoms with van der Waals surface area (Å²) in [5, 5.41) is 13.8. The lowest BCUT2D eigenvalue weighted by molar-refractivity contribution is -0.142. The molecule has 1 amide bonds. The fourth-order valence-corrected chi connectivity index (χ4v) is 4.20. The van der Waals surface area contributed by atoms with E-state index in [4.69, 9.17) is 0 Å². The summed E-state index contributed by atoms with van der Waals surface area (Å²) < 4.78 is 16.0. The molecule has 4 rings (SSSR count). The van der Waals surface area contributed by atoms with E-state index in [0.717, 1.165) is 36.1 Å². The maximum atomic E-state index is 14.5. The third-order valence-electron chi connectivity index (χ3n) is 5.68. The molecule has 0 spiro atoms. The Kier molecular flexibility index (Phi) is 4.25. The Hall–Kier alpha value is -2.70. The molecule has 0 bridgehead atoms. The van der Waals surface area contributed by atoms with Crippen molar-refractivity contribution in [2.24, 2.45) is 11.8 Å². The summed E-state index contributed by atoms with van der Waals surface area (Å²) >= 11 is 0. The summed E-state index contributed by atoms with van der Waals surface area (Å²) in [6.45, 7) is 4.26. The zero-order chi connectivity index (χ0) is 19.3. The molecule has 2 atom stereocenters. The van der Waals surface area contributed by atoms with Crippen LogP contribution in [0.4, 0.5) is 4.39 Å². The van der Waals surface area contributed by atoms with Gasteiger partial charge in [0.1, 0.15) is 11.5 Å². The third-order valence-corrected chi connectivity index (χ3v) is 5.68. The van der Waals surface area contributed by atoms with E-state index >= 15 is 0 Å². The maximum absolute atomic E-state index is 14.5. The number of aryl methyl sites for hydroxylation is 1. The zero-order valence-electron chi connectivity index (χ0n) is 15.4. The van der Waals surface area contributed by atoms with Gasteiger partial charge in [-0.3, -0.25) is 9.59 Å². The Morgan fingerprint density at radius 1 is 1.26 bits per heavy atom. The van der Waals surface area contributed by atoms with Gasteiger partial charge in [-0.1, -0.05) is 13.0 Å². The predicted molar refractivity (Wildman–Crippen MR) is 96.5 cm³/mol. The molecule has 6 nitrogen and oxygen atoms in total. The Balaban J connectivity index is 1.71. The van der Waals surface area contributed by atoms with Gasteiger partial charge in [-0.15, -0.1) is 0 Å². The number of carboxylic acids is 1. The number of aromatic nitrogens is 2. The van der Waals surface area contributed by atoms with E-state index in [1.807, 2.05) is 19.9 Å². The van der Waals surface area contributed by atoms with Crippen LogP contribution >= 0.6 is 0 Å². The number of halogens is 1. The van der Waals surface area contributed by atoms with E-state index in [1.165, 1.54) is 6.07 Å². The maximum Gasteiger partial charge on any atom is 0.308 e. The number of carboxylic acid groups (broad SMARTS) is 1. The van der Waals surface area contributed by atoms with Crippen LogP contribution < -0.4 is 0 Å². The van der Waals surface area contributed by atoms with Gasteiger partial charge in [0.05, 0.1) is 5.92 Å². The van der Waals surface area contributed by atoms with Crippen molar-refractivity contribution in [3.8, 4) is 5.69 Å². The summed E-state index contributed by atoms with van der Waals surface area (Å²) in [6.07, 6.45) is 2.38. The molecule has 2 heterocycles. The fourth-order valence-electron chi connectivity index (χ4n) is 4.20. The highest BCUT2D eigenvalue weighted by molar-refractivity contribution is 5.95. The number of fused-ring (bicyclic) bond motifs is 1. The highest BCUT2D eigenvalue weighted by Crippen LogP contribution is 2.31. The minimum Gasteiger partial charge on any atom is -0.481 e. The van der Waals surface area contributed by atoms with E-state index in [9.17, 15) is 19.1 Å². The van der Waals surface area contributed by atoms with Crippen LogP contribution in [-0.4, -0.2) is 44.8 Å². The van der Waals surface area contributed by atoms with Crippen LogP contribution in [0.15, 0.2) is 18.2 Å². The van der Waals surface area contributed by atoms with E-state index in [-0.39, 0.29) is 24.2 Å². The van der Waals surface area contributed by atoms with Crippen LogP contribution in [0.1, 0.15) is 40.7 Å². The molecule has 142 valence electrons. The fraction of sp³-hybridized carbons (Fsp3) is 0.450. The molecule has 1 aliphatic heterocycles. The lowest BCUT2D eigenvalue weighted by atomic mass is 9.99. The molecule has 27 heavy (non-hydrogen) atoms. The van der Waals surface area contributed by atoms with Gasteiger partial charge in [-0.05, 0) is 49.8 Å². The second-order valence-corrected chi connectivity index (χ2v) is 7.63. The van der Waals surface area contributed by atoms with Crippen molar-refractivity contribution in [3.63, 3.8) is 0 Å². The van der Waals surface area contributed by atoms with Gasteiger partial charge in [0.25, 0.3) is 5.91 Å². The minimum atomic E-state index is -0.879. The number of aliphatic carboxylic acids is 1. The first-order chi connectivity index (χ1) is 12.9. The molecule has 1 N–H and O–H groups in total. The van der Waals surface area contributed by atoms with Crippen molar-refractivity contribution in [2.45, 2.75) is 33.1 Å². The average molecular weight is 371 g/mol. The standard InChI is InChI=1S/C20H22FN3O3/c1-11-6-7-17(15(21)8-11)24-16-5-3-4-13(16)18(22-24)19(25)23-9-12(2)14(10-23)20(26)27/h6-8,12,14H,3-5,9-10H2,1-2H3,(H,26,27)/t12-,14-/m1/s1. The SMILES string of the molecule is Cc1ccc(-n2nc(C(=O)N3C[C@@H](C)[C@H](C(=O)O)C3)c3c2CCC3)c(F)c1. The summed E-state index contributed by atoms with van der Waals surface area (Å²) in [7, 11) is 0. The second kappa shape index (κ2) is 6.48. The van der Waals surface area contributed by atoms with Crippen LogP contribution in [0.5, 0.6) is 0 Å². The average Bonchev–Trinajstić information content (AvgIpc) is 3.29. The Morgan fingerprint density at radius 2 is 2.04 bits per heavy atom. The topological polar surface area (TPSA) is 75.4 Å². The number of likely N-dealkylation sites (tertiary alicyclic amines) is 1. The van der Waals surface area contributed by atoms with Crippen molar-refractivity contribution in [2.75, 3.05) is 13.1 Å². The van der Waals surface area contributed by atoms with Crippen molar-refractivity contribution in [1.29, 1.82) is 0 Å². The van der Waals surface area contributed by atoms with Gasteiger partial charge < -0.3 is 10.0 Å². The van der Waals surface area contributed by atoms with Crippen LogP contribution in [0, 0.1) is 24.6 Å². The summed E-state index contributed by atoms with van der Waals surface area (Å²) in [5.74, 6) is -2.16. The number of amides is 1. The lowest BCUT2D eigenvalue weighted by Crippen LogP contribution is -2.31. The Morgan fingerprint density at radius 3 is 2.70 bits per heavy atom. The van der Waals surface area contributed by atoms with E-state index < -0.39 is 11.9 Å². The van der Waals surface area contributed by atoms with E-state index in [0.29, 0.717) is 17.9 Å². The number of carbonyl (C=O) groups is 2. The number of hydrogen-bond acceptors (Lipinski definition) is 3. The quantitative estimate of drug-likeness (QED) is 0.900. The molecule has 7 heteroatoms. The first-order valence-corrected chi connectivity index (χ1v) is 9.26. The van der Waals surface area contributed by atoms with Crippen molar-refractivity contribution >= 4 is 11.9 Å². The second-order valence-electron chi connectivity index (χ2n) is 7.63.